The Morgan fingerprint density at radius 1 is 1.26 bits per heavy atom. The first-order valence-electron chi connectivity index (χ1n) is 7.47. The van der Waals surface area contributed by atoms with E-state index >= 15 is 0 Å². The molecule has 122 valence electrons. The van der Waals surface area contributed by atoms with Gasteiger partial charge in [0, 0.05) is 23.5 Å². The van der Waals surface area contributed by atoms with Crippen LogP contribution in [0.1, 0.15) is 17.7 Å². The molecule has 2 heterocycles. The van der Waals surface area contributed by atoms with E-state index in [2.05, 4.69) is 5.32 Å². The van der Waals surface area contributed by atoms with E-state index in [1.54, 1.807) is 35.6 Å². The summed E-state index contributed by atoms with van der Waals surface area (Å²) in [5.41, 5.74) is 1.24. The van der Waals surface area contributed by atoms with Crippen LogP contribution >= 0.6 is 11.3 Å². The molecule has 1 saturated heterocycles. The number of aryl methyl sites for hydroxylation is 1. The van der Waals surface area contributed by atoms with Crippen LogP contribution in [0.3, 0.4) is 0 Å². The number of carbonyl (C=O) groups is 1. The normalized spacial score (nSPS) is 16.4. The Labute approximate surface area is 140 Å². The molecule has 0 spiro atoms. The minimum absolute atomic E-state index is 0.0696. The van der Waals surface area contributed by atoms with Gasteiger partial charge in [-0.15, -0.1) is 11.3 Å². The van der Waals surface area contributed by atoms with Crippen molar-refractivity contribution in [3.63, 3.8) is 0 Å². The van der Waals surface area contributed by atoms with Gasteiger partial charge < -0.3 is 5.32 Å². The molecule has 1 aliphatic heterocycles. The van der Waals surface area contributed by atoms with Gasteiger partial charge >= 0.3 is 0 Å². The van der Waals surface area contributed by atoms with Gasteiger partial charge in [-0.1, -0.05) is 12.1 Å². The molecule has 5 nitrogen and oxygen atoms in total. The number of amides is 1. The maximum atomic E-state index is 12.0. The second-order valence-corrected chi connectivity index (χ2v) is 8.46. The van der Waals surface area contributed by atoms with E-state index < -0.39 is 10.0 Å². The number of thiophene rings is 1. The molecule has 1 amide bonds. The summed E-state index contributed by atoms with van der Waals surface area (Å²) in [7, 11) is -3.20. The van der Waals surface area contributed by atoms with E-state index in [9.17, 15) is 13.2 Å². The zero-order chi connectivity index (χ0) is 16.3. The largest absolute Gasteiger partial charge is 0.326 e. The van der Waals surface area contributed by atoms with Crippen molar-refractivity contribution in [2.45, 2.75) is 19.3 Å². The number of benzene rings is 1. The molecule has 3 rings (SSSR count). The van der Waals surface area contributed by atoms with Gasteiger partial charge in [-0.25, -0.2) is 8.42 Å². The maximum Gasteiger partial charge on any atom is 0.235 e. The van der Waals surface area contributed by atoms with Crippen molar-refractivity contribution in [2.24, 2.45) is 0 Å². The topological polar surface area (TPSA) is 66.5 Å². The lowest BCUT2D eigenvalue weighted by molar-refractivity contribution is -0.116. The fraction of sp³-hybridized carbons (Fsp3) is 0.312. The van der Waals surface area contributed by atoms with Crippen LogP contribution in [0.2, 0.25) is 0 Å². The molecule has 0 aliphatic carbocycles. The van der Waals surface area contributed by atoms with Crippen LogP contribution in [0.5, 0.6) is 0 Å². The SMILES string of the molecule is O=C(CCc1cccs1)Nc1cccc(N2CCCS2(=O)=O)c1. The summed E-state index contributed by atoms with van der Waals surface area (Å²) in [6.07, 6.45) is 1.76. The second-order valence-electron chi connectivity index (χ2n) is 5.42. The van der Waals surface area contributed by atoms with Gasteiger partial charge in [0.15, 0.2) is 0 Å². The smallest absolute Gasteiger partial charge is 0.235 e. The Morgan fingerprint density at radius 3 is 2.83 bits per heavy atom. The highest BCUT2D eigenvalue weighted by Crippen LogP contribution is 2.26. The van der Waals surface area contributed by atoms with Crippen LogP contribution < -0.4 is 9.62 Å². The van der Waals surface area contributed by atoms with Crippen molar-refractivity contribution in [3.05, 3.63) is 46.7 Å². The average Bonchev–Trinajstić information content (AvgIpc) is 3.14. The van der Waals surface area contributed by atoms with Gasteiger partial charge in [0.05, 0.1) is 11.4 Å². The van der Waals surface area contributed by atoms with Crippen molar-refractivity contribution in [3.8, 4) is 0 Å². The van der Waals surface area contributed by atoms with Crippen LogP contribution in [-0.2, 0) is 21.2 Å². The summed E-state index contributed by atoms with van der Waals surface area (Å²) in [6, 6.07) is 11.0. The van der Waals surface area contributed by atoms with Crippen molar-refractivity contribution in [1.82, 2.24) is 0 Å². The summed E-state index contributed by atoms with van der Waals surface area (Å²) in [5, 5.41) is 4.83. The predicted octanol–water partition coefficient (Wildman–Crippen LogP) is 2.86. The number of rotatable bonds is 5. The molecule has 0 atom stereocenters. The first-order chi connectivity index (χ1) is 11.0. The van der Waals surface area contributed by atoms with Gasteiger partial charge in [0.1, 0.15) is 0 Å². The van der Waals surface area contributed by atoms with E-state index in [-0.39, 0.29) is 11.7 Å². The zero-order valence-electron chi connectivity index (χ0n) is 12.6. The van der Waals surface area contributed by atoms with Gasteiger partial charge in [-0.3, -0.25) is 9.10 Å². The third kappa shape index (κ3) is 3.92. The van der Waals surface area contributed by atoms with E-state index in [1.807, 2.05) is 17.5 Å². The van der Waals surface area contributed by atoms with E-state index in [4.69, 9.17) is 0 Å². The summed E-state index contributed by atoms with van der Waals surface area (Å²) < 4.78 is 25.3. The number of anilines is 2. The molecule has 1 aromatic carbocycles. The zero-order valence-corrected chi connectivity index (χ0v) is 14.2. The van der Waals surface area contributed by atoms with Crippen LogP contribution in [0.15, 0.2) is 41.8 Å². The van der Waals surface area contributed by atoms with E-state index in [0.717, 1.165) is 0 Å². The Kier molecular flexibility index (Phi) is 4.68. The van der Waals surface area contributed by atoms with Crippen molar-refractivity contribution >= 4 is 38.6 Å². The van der Waals surface area contributed by atoms with Crippen molar-refractivity contribution < 1.29 is 13.2 Å². The number of sulfonamides is 1. The first kappa shape index (κ1) is 16.0. The standard InChI is InChI=1S/C16H18N2O3S2/c19-16(8-7-15-6-2-10-22-15)17-13-4-1-5-14(12-13)18-9-3-11-23(18,20)21/h1-2,4-6,10,12H,3,7-9,11H2,(H,17,19). The number of nitrogens with one attached hydrogen (secondary N) is 1. The van der Waals surface area contributed by atoms with Gasteiger partial charge in [-0.05, 0) is 42.5 Å². The van der Waals surface area contributed by atoms with E-state index in [1.165, 1.54) is 9.18 Å². The lowest BCUT2D eigenvalue weighted by Crippen LogP contribution is -2.25. The Hall–Kier alpha value is -1.86. The molecule has 0 radical (unpaired) electrons. The molecule has 1 N–H and O–H groups in total. The molecular formula is C16H18N2O3S2. The number of nitrogens with zero attached hydrogens (tertiary/aromatic N) is 1. The van der Waals surface area contributed by atoms with Gasteiger partial charge in [0.25, 0.3) is 0 Å². The number of hydrogen-bond donors (Lipinski definition) is 1. The second kappa shape index (κ2) is 6.72. The summed E-state index contributed by atoms with van der Waals surface area (Å²) in [5.74, 6) is 0.115. The molecule has 1 aromatic heterocycles. The molecule has 1 fully saturated rings. The van der Waals surface area contributed by atoms with Crippen LogP contribution in [0.25, 0.3) is 0 Å². The van der Waals surface area contributed by atoms with Crippen LogP contribution in [0, 0.1) is 0 Å². The Balaban J connectivity index is 1.64. The van der Waals surface area contributed by atoms with Gasteiger partial charge in [0.2, 0.25) is 15.9 Å². The number of hydrogen-bond acceptors (Lipinski definition) is 4. The fourth-order valence-electron chi connectivity index (χ4n) is 2.58. The molecule has 1 aliphatic rings. The highest BCUT2D eigenvalue weighted by atomic mass is 32.2. The fourth-order valence-corrected chi connectivity index (χ4v) is 4.85. The highest BCUT2D eigenvalue weighted by Gasteiger charge is 2.28. The molecule has 7 heteroatoms. The first-order valence-corrected chi connectivity index (χ1v) is 9.96. The Bertz CT molecular complexity index is 785. The van der Waals surface area contributed by atoms with Crippen molar-refractivity contribution in [1.29, 1.82) is 0 Å². The average molecular weight is 350 g/mol. The monoisotopic (exact) mass is 350 g/mol. The molecule has 0 bridgehead atoms. The van der Waals surface area contributed by atoms with E-state index in [0.29, 0.717) is 37.2 Å². The maximum absolute atomic E-state index is 12.0. The van der Waals surface area contributed by atoms with Crippen LogP contribution in [0.4, 0.5) is 11.4 Å². The lowest BCUT2D eigenvalue weighted by atomic mass is 10.2. The molecular weight excluding hydrogens is 332 g/mol. The molecule has 0 saturated carbocycles. The lowest BCUT2D eigenvalue weighted by Gasteiger charge is -2.17. The molecule has 0 unspecified atom stereocenters. The van der Waals surface area contributed by atoms with Crippen LogP contribution in [-0.4, -0.2) is 26.6 Å². The highest BCUT2D eigenvalue weighted by molar-refractivity contribution is 7.93. The third-order valence-electron chi connectivity index (χ3n) is 3.70. The minimum Gasteiger partial charge on any atom is -0.326 e. The third-order valence-corrected chi connectivity index (χ3v) is 6.50. The Morgan fingerprint density at radius 2 is 2.13 bits per heavy atom. The van der Waals surface area contributed by atoms with Crippen molar-refractivity contribution in [2.75, 3.05) is 21.9 Å². The predicted molar refractivity (Wildman–Crippen MR) is 93.5 cm³/mol. The minimum atomic E-state index is -3.20. The van der Waals surface area contributed by atoms with Gasteiger partial charge in [-0.2, -0.15) is 0 Å². The summed E-state index contributed by atoms with van der Waals surface area (Å²) in [4.78, 5) is 13.2. The quantitative estimate of drug-likeness (QED) is 0.902. The summed E-state index contributed by atoms with van der Waals surface area (Å²) in [6.45, 7) is 0.498. The summed E-state index contributed by atoms with van der Waals surface area (Å²) >= 11 is 1.64. The molecule has 23 heavy (non-hydrogen) atoms. The molecule has 2 aromatic rings. The number of carbonyl (C=O) groups excluding carboxylic acids is 1.